The van der Waals surface area contributed by atoms with Crippen LogP contribution in [0.1, 0.15) is 44.7 Å². The van der Waals surface area contributed by atoms with Crippen LogP contribution in [0.25, 0.3) is 0 Å². The van der Waals surface area contributed by atoms with Crippen LogP contribution in [0.3, 0.4) is 0 Å². The Morgan fingerprint density at radius 3 is 2.24 bits per heavy atom. The van der Waals surface area contributed by atoms with E-state index in [4.69, 9.17) is 4.84 Å². The number of hydrogen-bond donors (Lipinski definition) is 0. The van der Waals surface area contributed by atoms with Crippen LogP contribution in [0.15, 0.2) is 53.7 Å². The van der Waals surface area contributed by atoms with E-state index >= 15 is 0 Å². The first-order valence-electron chi connectivity index (χ1n) is 9.70. The van der Waals surface area contributed by atoms with Crippen molar-refractivity contribution in [2.24, 2.45) is 10.6 Å². The predicted molar refractivity (Wildman–Crippen MR) is 108 cm³/mol. The molecule has 154 valence electrons. The van der Waals surface area contributed by atoms with Crippen molar-refractivity contribution in [3.63, 3.8) is 0 Å². The van der Waals surface area contributed by atoms with Gasteiger partial charge in [-0.1, -0.05) is 50.2 Å². The number of hydrogen-bond acceptors (Lipinski definition) is 3. The summed E-state index contributed by atoms with van der Waals surface area (Å²) in [5.74, 6) is -0.596. The highest BCUT2D eigenvalue weighted by atomic mass is 19.1. The summed E-state index contributed by atoms with van der Waals surface area (Å²) in [5.41, 5.74) is 2.25. The highest BCUT2D eigenvalue weighted by molar-refractivity contribution is 6.01. The molecule has 1 aliphatic heterocycles. The number of benzene rings is 2. The number of amides is 1. The molecule has 0 fully saturated rings. The molecule has 0 bridgehead atoms. The first kappa shape index (κ1) is 21.0. The smallest absolute Gasteiger partial charge is 0.223 e. The van der Waals surface area contributed by atoms with Crippen molar-refractivity contribution in [1.82, 2.24) is 4.90 Å². The Morgan fingerprint density at radius 2 is 1.66 bits per heavy atom. The summed E-state index contributed by atoms with van der Waals surface area (Å²) in [6.45, 7) is 6.80. The van der Waals surface area contributed by atoms with Gasteiger partial charge in [-0.15, -0.1) is 0 Å². The molecular formula is C23H26F2N2O2. The van der Waals surface area contributed by atoms with Gasteiger partial charge >= 0.3 is 0 Å². The molecule has 4 nitrogen and oxygen atoms in total. The minimum atomic E-state index is -0.308. The lowest BCUT2D eigenvalue weighted by Crippen LogP contribution is -2.38. The molecule has 1 amide bonds. The van der Waals surface area contributed by atoms with E-state index in [-0.39, 0.29) is 29.1 Å². The van der Waals surface area contributed by atoms with Crippen molar-refractivity contribution in [2.45, 2.75) is 46.3 Å². The van der Waals surface area contributed by atoms with Crippen LogP contribution in [0, 0.1) is 17.0 Å². The van der Waals surface area contributed by atoms with Gasteiger partial charge in [-0.25, -0.2) is 8.78 Å². The molecule has 2 aromatic rings. The van der Waals surface area contributed by atoms with Gasteiger partial charge in [0, 0.05) is 19.4 Å². The highest BCUT2D eigenvalue weighted by Gasteiger charge is 2.28. The Hall–Kier alpha value is -2.76. The van der Waals surface area contributed by atoms with Gasteiger partial charge in [-0.05, 0) is 40.8 Å². The molecule has 0 unspecified atom stereocenters. The van der Waals surface area contributed by atoms with Gasteiger partial charge in [0.2, 0.25) is 5.91 Å². The van der Waals surface area contributed by atoms with Crippen molar-refractivity contribution in [2.75, 3.05) is 6.54 Å². The molecular weight excluding hydrogens is 374 g/mol. The summed E-state index contributed by atoms with van der Waals surface area (Å²) in [4.78, 5) is 20.2. The summed E-state index contributed by atoms with van der Waals surface area (Å²) in [6.07, 6.45) is 0.653. The van der Waals surface area contributed by atoms with Crippen LogP contribution in [0.4, 0.5) is 8.78 Å². The third kappa shape index (κ3) is 6.11. The van der Waals surface area contributed by atoms with E-state index in [1.165, 1.54) is 24.3 Å². The molecule has 3 rings (SSSR count). The summed E-state index contributed by atoms with van der Waals surface area (Å²) in [5, 5.41) is 4.13. The van der Waals surface area contributed by atoms with E-state index in [1.54, 1.807) is 29.2 Å². The van der Waals surface area contributed by atoms with Crippen molar-refractivity contribution < 1.29 is 18.4 Å². The molecule has 0 aliphatic carbocycles. The summed E-state index contributed by atoms with van der Waals surface area (Å²) >= 11 is 0. The number of nitrogens with zero attached hydrogens (tertiary/aromatic N) is 2. The zero-order valence-corrected chi connectivity index (χ0v) is 17.0. The quantitative estimate of drug-likeness (QED) is 0.690. The van der Waals surface area contributed by atoms with Crippen LogP contribution in [-0.2, 0) is 16.2 Å². The van der Waals surface area contributed by atoms with E-state index < -0.39 is 0 Å². The Kier molecular flexibility index (Phi) is 6.30. The summed E-state index contributed by atoms with van der Waals surface area (Å²) in [6, 6.07) is 12.3. The zero-order chi connectivity index (χ0) is 21.0. The minimum Gasteiger partial charge on any atom is -0.390 e. The molecule has 0 saturated heterocycles. The van der Waals surface area contributed by atoms with Gasteiger partial charge in [-0.2, -0.15) is 0 Å². The molecule has 0 aromatic heterocycles. The van der Waals surface area contributed by atoms with E-state index in [9.17, 15) is 13.6 Å². The van der Waals surface area contributed by atoms with E-state index in [1.807, 2.05) is 20.8 Å². The largest absolute Gasteiger partial charge is 0.390 e. The van der Waals surface area contributed by atoms with Crippen LogP contribution < -0.4 is 0 Å². The second-order valence-electron chi connectivity index (χ2n) is 8.61. The molecule has 1 aliphatic rings. The number of rotatable bonds is 6. The average molecular weight is 400 g/mol. The number of carbonyl (C=O) groups is 1. The Bertz CT molecular complexity index is 871. The molecule has 1 atom stereocenters. The standard InChI is InChI=1S/C23H26F2N2O2/c1-23(2,3)13-22(28)27(14-16-4-8-18(24)9-5-16)15-20-12-21(26-29-20)17-6-10-19(25)11-7-17/h4-11,20H,12-15H2,1-3H3/t20-/m1/s1. The maximum Gasteiger partial charge on any atom is 0.223 e. The number of oxime groups is 1. The monoisotopic (exact) mass is 400 g/mol. The second kappa shape index (κ2) is 8.72. The van der Waals surface area contributed by atoms with Crippen molar-refractivity contribution >= 4 is 11.6 Å². The lowest BCUT2D eigenvalue weighted by atomic mass is 9.91. The molecule has 0 saturated carbocycles. The fourth-order valence-electron chi connectivity index (χ4n) is 3.22. The lowest BCUT2D eigenvalue weighted by Gasteiger charge is -2.28. The Labute approximate surface area is 170 Å². The summed E-state index contributed by atoms with van der Waals surface area (Å²) in [7, 11) is 0. The molecule has 29 heavy (non-hydrogen) atoms. The van der Waals surface area contributed by atoms with E-state index in [0.717, 1.165) is 16.8 Å². The molecule has 0 spiro atoms. The minimum absolute atomic E-state index is 0.0145. The van der Waals surface area contributed by atoms with Crippen molar-refractivity contribution in [3.8, 4) is 0 Å². The third-order valence-corrected chi connectivity index (χ3v) is 4.66. The Morgan fingerprint density at radius 1 is 1.07 bits per heavy atom. The lowest BCUT2D eigenvalue weighted by molar-refractivity contribution is -0.135. The summed E-state index contributed by atoms with van der Waals surface area (Å²) < 4.78 is 26.4. The van der Waals surface area contributed by atoms with Crippen LogP contribution in [0.5, 0.6) is 0 Å². The van der Waals surface area contributed by atoms with Crippen molar-refractivity contribution in [1.29, 1.82) is 0 Å². The topological polar surface area (TPSA) is 41.9 Å². The first-order valence-corrected chi connectivity index (χ1v) is 9.70. The molecule has 2 aromatic carbocycles. The normalized spacial score (nSPS) is 16.3. The van der Waals surface area contributed by atoms with Gasteiger partial charge in [-0.3, -0.25) is 4.79 Å². The molecule has 1 heterocycles. The van der Waals surface area contributed by atoms with Crippen LogP contribution >= 0.6 is 0 Å². The maximum absolute atomic E-state index is 13.2. The molecule has 0 N–H and O–H groups in total. The van der Waals surface area contributed by atoms with Gasteiger partial charge in [0.25, 0.3) is 0 Å². The fourth-order valence-corrected chi connectivity index (χ4v) is 3.22. The third-order valence-electron chi connectivity index (χ3n) is 4.66. The van der Waals surface area contributed by atoms with Crippen molar-refractivity contribution in [3.05, 3.63) is 71.3 Å². The van der Waals surface area contributed by atoms with Crippen LogP contribution in [-0.4, -0.2) is 29.2 Å². The van der Waals surface area contributed by atoms with E-state index in [0.29, 0.717) is 25.9 Å². The SMILES string of the molecule is CC(C)(C)CC(=O)N(Cc1ccc(F)cc1)C[C@H]1CC(c2ccc(F)cc2)=NO1. The number of halogens is 2. The van der Waals surface area contributed by atoms with Gasteiger partial charge in [0.1, 0.15) is 11.6 Å². The Balaban J connectivity index is 1.68. The van der Waals surface area contributed by atoms with Crippen LogP contribution in [0.2, 0.25) is 0 Å². The van der Waals surface area contributed by atoms with E-state index in [2.05, 4.69) is 5.16 Å². The van der Waals surface area contributed by atoms with Gasteiger partial charge < -0.3 is 9.74 Å². The number of carbonyl (C=O) groups excluding carboxylic acids is 1. The van der Waals surface area contributed by atoms with Gasteiger partial charge in [0.15, 0.2) is 6.10 Å². The fraction of sp³-hybridized carbons (Fsp3) is 0.391. The second-order valence-corrected chi connectivity index (χ2v) is 8.61. The molecule has 0 radical (unpaired) electrons. The van der Waals surface area contributed by atoms with Gasteiger partial charge in [0.05, 0.1) is 12.3 Å². The highest BCUT2D eigenvalue weighted by Crippen LogP contribution is 2.23. The maximum atomic E-state index is 13.2. The average Bonchev–Trinajstić information content (AvgIpc) is 3.11. The zero-order valence-electron chi connectivity index (χ0n) is 17.0. The molecule has 6 heteroatoms. The predicted octanol–water partition coefficient (Wildman–Crippen LogP) is 4.92. The first-order chi connectivity index (χ1) is 13.7.